The molecule has 0 aliphatic carbocycles. The van der Waals surface area contributed by atoms with Crippen molar-refractivity contribution in [3.63, 3.8) is 0 Å². The van der Waals surface area contributed by atoms with Gasteiger partial charge in [0.05, 0.1) is 6.61 Å². The number of nitrogens with two attached hydrogens (primary N) is 1. The van der Waals surface area contributed by atoms with Gasteiger partial charge in [-0.05, 0) is 12.5 Å². The number of terminal acetylenes is 1. The zero-order valence-corrected chi connectivity index (χ0v) is 8.50. The van der Waals surface area contributed by atoms with E-state index >= 15 is 0 Å². The first-order chi connectivity index (χ1) is 7.29. The van der Waals surface area contributed by atoms with Crippen molar-refractivity contribution in [1.29, 1.82) is 0 Å². The van der Waals surface area contributed by atoms with E-state index in [1.165, 1.54) is 6.07 Å². The molecule has 2 N–H and O–H groups in total. The lowest BCUT2D eigenvalue weighted by Gasteiger charge is -2.10. The molecule has 0 aliphatic rings. The molecule has 0 amide bonds. The lowest BCUT2D eigenvalue weighted by molar-refractivity contribution is 0.294. The van der Waals surface area contributed by atoms with Crippen LogP contribution in [0.2, 0.25) is 0 Å². The molecule has 0 heterocycles. The topological polar surface area (TPSA) is 35.2 Å². The third-order valence-electron chi connectivity index (χ3n) is 1.98. The van der Waals surface area contributed by atoms with Crippen LogP contribution >= 0.6 is 0 Å². The molecule has 15 heavy (non-hydrogen) atoms. The van der Waals surface area contributed by atoms with Gasteiger partial charge in [0, 0.05) is 18.5 Å². The van der Waals surface area contributed by atoms with Gasteiger partial charge in [0.25, 0.3) is 0 Å². The van der Waals surface area contributed by atoms with Crippen LogP contribution in [0.1, 0.15) is 18.4 Å². The molecule has 1 aromatic rings. The number of hydrogen-bond acceptors (Lipinski definition) is 2. The lowest BCUT2D eigenvalue weighted by Crippen LogP contribution is -2.05. The number of unbranched alkanes of at least 4 members (excludes halogenated alkanes) is 1. The predicted molar refractivity (Wildman–Crippen MR) is 57.9 cm³/mol. The van der Waals surface area contributed by atoms with Gasteiger partial charge < -0.3 is 10.5 Å². The molecule has 1 rings (SSSR count). The van der Waals surface area contributed by atoms with Crippen molar-refractivity contribution in [2.24, 2.45) is 5.73 Å². The van der Waals surface area contributed by atoms with Crippen LogP contribution in [-0.4, -0.2) is 6.61 Å². The van der Waals surface area contributed by atoms with Gasteiger partial charge in [-0.25, -0.2) is 4.39 Å². The van der Waals surface area contributed by atoms with Gasteiger partial charge in [-0.1, -0.05) is 12.1 Å². The van der Waals surface area contributed by atoms with Gasteiger partial charge >= 0.3 is 0 Å². The minimum atomic E-state index is -0.376. The van der Waals surface area contributed by atoms with Crippen LogP contribution in [0.3, 0.4) is 0 Å². The van der Waals surface area contributed by atoms with Gasteiger partial charge in [0.2, 0.25) is 0 Å². The highest BCUT2D eigenvalue weighted by molar-refractivity contribution is 5.34. The summed E-state index contributed by atoms with van der Waals surface area (Å²) in [6.07, 6.45) is 6.44. The van der Waals surface area contributed by atoms with E-state index in [9.17, 15) is 4.39 Å². The summed E-state index contributed by atoms with van der Waals surface area (Å²) in [5.74, 6) is 2.37. The molecule has 0 saturated carbocycles. The summed E-state index contributed by atoms with van der Waals surface area (Å²) in [5, 5.41) is 0. The summed E-state index contributed by atoms with van der Waals surface area (Å²) in [5.41, 5.74) is 6.15. The summed E-state index contributed by atoms with van der Waals surface area (Å²) < 4.78 is 18.6. The maximum Gasteiger partial charge on any atom is 0.165 e. The molecular formula is C12H14FNO. The Hall–Kier alpha value is -1.53. The highest BCUT2D eigenvalue weighted by Gasteiger charge is 2.07. The van der Waals surface area contributed by atoms with Gasteiger partial charge in [-0.2, -0.15) is 0 Å². The van der Waals surface area contributed by atoms with E-state index in [-0.39, 0.29) is 18.1 Å². The average molecular weight is 207 g/mol. The molecule has 0 saturated heterocycles. The maximum absolute atomic E-state index is 13.3. The fourth-order valence-electron chi connectivity index (χ4n) is 1.22. The smallest absolute Gasteiger partial charge is 0.165 e. The molecular weight excluding hydrogens is 193 g/mol. The molecule has 0 fully saturated rings. The zero-order valence-electron chi connectivity index (χ0n) is 8.50. The minimum Gasteiger partial charge on any atom is -0.490 e. The van der Waals surface area contributed by atoms with Gasteiger partial charge in [-0.3, -0.25) is 0 Å². The van der Waals surface area contributed by atoms with Crippen molar-refractivity contribution in [2.75, 3.05) is 6.61 Å². The molecule has 3 heteroatoms. The first-order valence-corrected chi connectivity index (χ1v) is 4.83. The number of rotatable bonds is 5. The second kappa shape index (κ2) is 6.05. The Bertz CT molecular complexity index is 357. The van der Waals surface area contributed by atoms with Crippen LogP contribution in [0, 0.1) is 18.2 Å². The fraction of sp³-hybridized carbons (Fsp3) is 0.333. The van der Waals surface area contributed by atoms with E-state index in [0.29, 0.717) is 18.6 Å². The second-order valence-corrected chi connectivity index (χ2v) is 3.09. The maximum atomic E-state index is 13.3. The number of hydrogen-bond donors (Lipinski definition) is 1. The standard InChI is InChI=1S/C12H14FNO/c1-2-3-4-8-15-12-10(9-14)6-5-7-11(12)13/h1,5-7H,3-4,8-9,14H2. The average Bonchev–Trinajstić information content (AvgIpc) is 2.26. The van der Waals surface area contributed by atoms with E-state index in [0.717, 1.165) is 6.42 Å². The molecule has 0 radical (unpaired) electrons. The third kappa shape index (κ3) is 3.26. The molecule has 0 aliphatic heterocycles. The minimum absolute atomic E-state index is 0.247. The number of ether oxygens (including phenoxy) is 1. The first-order valence-electron chi connectivity index (χ1n) is 4.83. The molecule has 0 aromatic heterocycles. The summed E-state index contributed by atoms with van der Waals surface area (Å²) in [6, 6.07) is 4.72. The van der Waals surface area contributed by atoms with E-state index in [1.54, 1.807) is 12.1 Å². The zero-order chi connectivity index (χ0) is 11.1. The van der Waals surface area contributed by atoms with Crippen LogP contribution in [0.4, 0.5) is 4.39 Å². The summed E-state index contributed by atoms with van der Waals surface area (Å²) in [4.78, 5) is 0. The Balaban J connectivity index is 2.63. The number of halogens is 1. The van der Waals surface area contributed by atoms with Crippen LogP contribution in [0.25, 0.3) is 0 Å². The number of benzene rings is 1. The predicted octanol–water partition coefficient (Wildman–Crippen LogP) is 2.08. The van der Waals surface area contributed by atoms with Crippen LogP contribution in [-0.2, 0) is 6.54 Å². The third-order valence-corrected chi connectivity index (χ3v) is 1.98. The van der Waals surface area contributed by atoms with Gasteiger partial charge in [0.15, 0.2) is 11.6 Å². The Labute approximate surface area is 89.2 Å². The van der Waals surface area contributed by atoms with E-state index in [2.05, 4.69) is 5.92 Å². The first kappa shape index (κ1) is 11.5. The van der Waals surface area contributed by atoms with E-state index in [1.807, 2.05) is 0 Å². The molecule has 0 bridgehead atoms. The Morgan fingerprint density at radius 3 is 2.93 bits per heavy atom. The molecule has 2 nitrogen and oxygen atoms in total. The summed E-state index contributed by atoms with van der Waals surface area (Å²) >= 11 is 0. The van der Waals surface area contributed by atoms with Crippen molar-refractivity contribution < 1.29 is 9.13 Å². The monoisotopic (exact) mass is 207 g/mol. The van der Waals surface area contributed by atoms with Crippen molar-refractivity contribution in [3.05, 3.63) is 29.6 Å². The second-order valence-electron chi connectivity index (χ2n) is 3.09. The van der Waals surface area contributed by atoms with Crippen LogP contribution in [0.15, 0.2) is 18.2 Å². The van der Waals surface area contributed by atoms with Crippen LogP contribution in [0.5, 0.6) is 5.75 Å². The quantitative estimate of drug-likeness (QED) is 0.592. The Kier molecular flexibility index (Phi) is 4.65. The normalized spacial score (nSPS) is 9.67. The molecule has 1 aromatic carbocycles. The highest BCUT2D eigenvalue weighted by Crippen LogP contribution is 2.22. The van der Waals surface area contributed by atoms with Crippen molar-refractivity contribution in [3.8, 4) is 18.1 Å². The van der Waals surface area contributed by atoms with Gasteiger partial charge in [-0.15, -0.1) is 12.3 Å². The van der Waals surface area contributed by atoms with Crippen LogP contribution < -0.4 is 10.5 Å². The number of para-hydroxylation sites is 1. The largest absolute Gasteiger partial charge is 0.490 e. The Morgan fingerprint density at radius 2 is 2.27 bits per heavy atom. The fourth-order valence-corrected chi connectivity index (χ4v) is 1.22. The molecule has 80 valence electrons. The van der Waals surface area contributed by atoms with Crippen molar-refractivity contribution >= 4 is 0 Å². The van der Waals surface area contributed by atoms with E-state index in [4.69, 9.17) is 16.9 Å². The summed E-state index contributed by atoms with van der Waals surface area (Å²) in [7, 11) is 0. The Morgan fingerprint density at radius 1 is 1.47 bits per heavy atom. The van der Waals surface area contributed by atoms with Crippen molar-refractivity contribution in [1.82, 2.24) is 0 Å². The lowest BCUT2D eigenvalue weighted by atomic mass is 10.2. The highest BCUT2D eigenvalue weighted by atomic mass is 19.1. The summed E-state index contributed by atoms with van der Waals surface area (Å²) in [6.45, 7) is 0.681. The molecule has 0 spiro atoms. The van der Waals surface area contributed by atoms with Gasteiger partial charge in [0.1, 0.15) is 0 Å². The van der Waals surface area contributed by atoms with E-state index < -0.39 is 0 Å². The molecule has 0 unspecified atom stereocenters. The molecule has 0 atom stereocenters. The SMILES string of the molecule is C#CCCCOc1c(F)cccc1CN. The van der Waals surface area contributed by atoms with Crippen molar-refractivity contribution in [2.45, 2.75) is 19.4 Å².